The smallest absolute Gasteiger partial charge is 0.369 e. The van der Waals surface area contributed by atoms with Gasteiger partial charge in [-0.2, -0.15) is 26.3 Å². The standard InChI is InChI=1S/C13H14F6O/c1-10(2,3)8-4-6-9(7-5-8)11(20,12(14,15)16)13(17,18)19/h4-7,20H,1-3H3. The molecular weight excluding hydrogens is 286 g/mol. The average Bonchev–Trinajstić information content (AvgIpc) is 2.24. The van der Waals surface area contributed by atoms with E-state index in [2.05, 4.69) is 0 Å². The van der Waals surface area contributed by atoms with E-state index in [1.807, 2.05) is 0 Å². The van der Waals surface area contributed by atoms with Crippen LogP contribution in [0.25, 0.3) is 0 Å². The molecule has 1 rings (SSSR count). The predicted octanol–water partition coefficient (Wildman–Crippen LogP) is 4.30. The number of hydrogen-bond acceptors (Lipinski definition) is 1. The van der Waals surface area contributed by atoms with E-state index in [9.17, 15) is 31.4 Å². The number of alkyl halides is 6. The van der Waals surface area contributed by atoms with Crippen LogP contribution in [0.15, 0.2) is 24.3 Å². The van der Waals surface area contributed by atoms with Gasteiger partial charge in [-0.05, 0) is 11.0 Å². The van der Waals surface area contributed by atoms with Crippen LogP contribution < -0.4 is 0 Å². The maximum atomic E-state index is 12.7. The topological polar surface area (TPSA) is 20.2 Å². The number of hydrogen-bond donors (Lipinski definition) is 1. The van der Waals surface area contributed by atoms with Crippen molar-refractivity contribution in [1.29, 1.82) is 0 Å². The van der Waals surface area contributed by atoms with Crippen LogP contribution in [-0.4, -0.2) is 17.5 Å². The summed E-state index contributed by atoms with van der Waals surface area (Å²) in [5, 5.41) is 9.20. The zero-order chi connectivity index (χ0) is 16.0. The first kappa shape index (κ1) is 16.8. The van der Waals surface area contributed by atoms with Gasteiger partial charge in [0.05, 0.1) is 0 Å². The average molecular weight is 300 g/mol. The van der Waals surface area contributed by atoms with Gasteiger partial charge < -0.3 is 5.11 Å². The van der Waals surface area contributed by atoms with Gasteiger partial charge in [-0.1, -0.05) is 45.0 Å². The van der Waals surface area contributed by atoms with Gasteiger partial charge in [0.25, 0.3) is 5.60 Å². The van der Waals surface area contributed by atoms with Crippen molar-refractivity contribution in [3.05, 3.63) is 35.4 Å². The fourth-order valence-electron chi connectivity index (χ4n) is 1.70. The van der Waals surface area contributed by atoms with Crippen molar-refractivity contribution in [1.82, 2.24) is 0 Å². The molecule has 0 fully saturated rings. The van der Waals surface area contributed by atoms with E-state index in [1.165, 1.54) is 0 Å². The molecule has 0 saturated carbocycles. The predicted molar refractivity (Wildman–Crippen MR) is 61.1 cm³/mol. The molecular formula is C13H14F6O. The molecule has 1 aromatic carbocycles. The zero-order valence-corrected chi connectivity index (χ0v) is 11.0. The lowest BCUT2D eigenvalue weighted by molar-refractivity contribution is -0.376. The lowest BCUT2D eigenvalue weighted by Crippen LogP contribution is -2.53. The van der Waals surface area contributed by atoms with Crippen LogP contribution in [0.1, 0.15) is 31.9 Å². The first-order chi connectivity index (χ1) is 8.71. The first-order valence-electron chi connectivity index (χ1n) is 5.68. The number of halogens is 6. The van der Waals surface area contributed by atoms with E-state index < -0.39 is 28.9 Å². The zero-order valence-electron chi connectivity index (χ0n) is 11.0. The maximum absolute atomic E-state index is 12.7. The normalized spacial score (nSPS) is 14.5. The molecule has 0 aromatic heterocycles. The molecule has 0 aliphatic rings. The molecule has 1 aromatic rings. The summed E-state index contributed by atoms with van der Waals surface area (Å²) in [5.41, 5.74) is -5.97. The van der Waals surface area contributed by atoms with E-state index in [0.29, 0.717) is 17.7 Å². The second-order valence-corrected chi connectivity index (χ2v) is 5.53. The molecule has 0 radical (unpaired) electrons. The molecule has 0 bridgehead atoms. The van der Waals surface area contributed by atoms with E-state index in [1.54, 1.807) is 20.8 Å². The third-order valence-corrected chi connectivity index (χ3v) is 2.99. The van der Waals surface area contributed by atoms with Crippen LogP contribution in [0.4, 0.5) is 26.3 Å². The lowest BCUT2D eigenvalue weighted by Gasteiger charge is -2.33. The molecule has 0 unspecified atom stereocenters. The van der Waals surface area contributed by atoms with Crippen LogP contribution in [0, 0.1) is 0 Å². The fourth-order valence-corrected chi connectivity index (χ4v) is 1.70. The third-order valence-electron chi connectivity index (χ3n) is 2.99. The van der Waals surface area contributed by atoms with Crippen molar-refractivity contribution in [2.45, 2.75) is 44.1 Å². The SMILES string of the molecule is CC(C)(C)c1ccc(C(O)(C(F)(F)F)C(F)(F)F)cc1. The molecule has 0 spiro atoms. The van der Waals surface area contributed by atoms with Crippen molar-refractivity contribution in [2.24, 2.45) is 0 Å². The van der Waals surface area contributed by atoms with E-state index >= 15 is 0 Å². The highest BCUT2D eigenvalue weighted by atomic mass is 19.4. The minimum Gasteiger partial charge on any atom is -0.369 e. The second-order valence-electron chi connectivity index (χ2n) is 5.53. The minimum atomic E-state index is -5.85. The molecule has 1 N–H and O–H groups in total. The third kappa shape index (κ3) is 2.77. The summed E-state index contributed by atoms with van der Waals surface area (Å²) in [4.78, 5) is 0. The summed E-state index contributed by atoms with van der Waals surface area (Å²) >= 11 is 0. The van der Waals surface area contributed by atoms with Crippen LogP contribution >= 0.6 is 0 Å². The Bertz CT molecular complexity index is 450. The highest BCUT2D eigenvalue weighted by Gasteiger charge is 2.71. The molecule has 0 aliphatic carbocycles. The highest BCUT2D eigenvalue weighted by Crippen LogP contribution is 2.50. The van der Waals surface area contributed by atoms with Gasteiger partial charge in [-0.3, -0.25) is 0 Å². The van der Waals surface area contributed by atoms with Crippen LogP contribution in [0.2, 0.25) is 0 Å². The van der Waals surface area contributed by atoms with E-state index in [0.717, 1.165) is 12.1 Å². The van der Waals surface area contributed by atoms with Gasteiger partial charge in [0.1, 0.15) is 0 Å². The van der Waals surface area contributed by atoms with E-state index in [-0.39, 0.29) is 0 Å². The van der Waals surface area contributed by atoms with E-state index in [4.69, 9.17) is 0 Å². The molecule has 0 atom stereocenters. The Morgan fingerprint density at radius 3 is 1.25 bits per heavy atom. The summed E-state index contributed by atoms with van der Waals surface area (Å²) in [6.07, 6.45) is -11.7. The summed E-state index contributed by atoms with van der Waals surface area (Å²) < 4.78 is 75.9. The summed E-state index contributed by atoms with van der Waals surface area (Å²) in [5.74, 6) is 0. The Morgan fingerprint density at radius 1 is 0.700 bits per heavy atom. The Labute approximate surface area is 112 Å². The molecule has 0 heterocycles. The Kier molecular flexibility index (Phi) is 3.91. The largest absolute Gasteiger partial charge is 0.430 e. The molecule has 114 valence electrons. The summed E-state index contributed by atoms with van der Waals surface area (Å²) in [7, 11) is 0. The van der Waals surface area contributed by atoms with Gasteiger partial charge in [-0.15, -0.1) is 0 Å². The summed E-state index contributed by atoms with van der Waals surface area (Å²) in [6, 6.07) is 3.61. The van der Waals surface area contributed by atoms with Gasteiger partial charge in [0.15, 0.2) is 0 Å². The quantitative estimate of drug-likeness (QED) is 0.767. The summed E-state index contributed by atoms with van der Waals surface area (Å²) in [6.45, 7) is 5.30. The molecule has 0 amide bonds. The number of rotatable bonds is 1. The van der Waals surface area contributed by atoms with Crippen molar-refractivity contribution >= 4 is 0 Å². The van der Waals surface area contributed by atoms with Crippen LogP contribution in [0.5, 0.6) is 0 Å². The number of aliphatic hydroxyl groups is 1. The lowest BCUT2D eigenvalue weighted by atomic mass is 9.84. The molecule has 0 saturated heterocycles. The van der Waals surface area contributed by atoms with Gasteiger partial charge >= 0.3 is 12.4 Å². The monoisotopic (exact) mass is 300 g/mol. The van der Waals surface area contributed by atoms with Crippen molar-refractivity contribution in [3.8, 4) is 0 Å². The van der Waals surface area contributed by atoms with Crippen LogP contribution in [0.3, 0.4) is 0 Å². The molecule has 20 heavy (non-hydrogen) atoms. The molecule has 1 nitrogen and oxygen atoms in total. The van der Waals surface area contributed by atoms with Gasteiger partial charge in [0.2, 0.25) is 0 Å². The minimum absolute atomic E-state index is 0.424. The van der Waals surface area contributed by atoms with Crippen molar-refractivity contribution < 1.29 is 31.4 Å². The molecule has 7 heteroatoms. The van der Waals surface area contributed by atoms with Crippen molar-refractivity contribution in [3.63, 3.8) is 0 Å². The van der Waals surface area contributed by atoms with Crippen molar-refractivity contribution in [2.75, 3.05) is 0 Å². The Hall–Kier alpha value is -1.24. The van der Waals surface area contributed by atoms with Gasteiger partial charge in [-0.25, -0.2) is 0 Å². The highest BCUT2D eigenvalue weighted by molar-refractivity contribution is 5.33. The van der Waals surface area contributed by atoms with Crippen LogP contribution in [-0.2, 0) is 11.0 Å². The Morgan fingerprint density at radius 2 is 1.00 bits per heavy atom. The number of benzene rings is 1. The Balaban J connectivity index is 3.39. The molecule has 0 aliphatic heterocycles. The maximum Gasteiger partial charge on any atom is 0.430 e. The second kappa shape index (κ2) is 4.65. The fraction of sp³-hybridized carbons (Fsp3) is 0.538. The first-order valence-corrected chi connectivity index (χ1v) is 5.68. The van der Waals surface area contributed by atoms with Gasteiger partial charge in [0, 0.05) is 5.56 Å².